The van der Waals surface area contributed by atoms with Gasteiger partial charge in [-0.05, 0) is 48.0 Å². The summed E-state index contributed by atoms with van der Waals surface area (Å²) in [6, 6.07) is 14.0. The molecular weight excluding hydrogens is 371 g/mol. The number of phenols is 1. The number of alkyl halides is 3. The van der Waals surface area contributed by atoms with Gasteiger partial charge >= 0.3 is 6.18 Å². The van der Waals surface area contributed by atoms with Crippen LogP contribution in [0.3, 0.4) is 0 Å². The van der Waals surface area contributed by atoms with Crippen LogP contribution >= 0.6 is 0 Å². The third kappa shape index (κ3) is 4.79. The summed E-state index contributed by atoms with van der Waals surface area (Å²) in [6.45, 7) is 0.348. The van der Waals surface area contributed by atoms with Gasteiger partial charge in [0.1, 0.15) is 11.6 Å². The summed E-state index contributed by atoms with van der Waals surface area (Å²) in [6.07, 6.45) is -2.99. The summed E-state index contributed by atoms with van der Waals surface area (Å²) in [4.78, 5) is 16.7. The van der Waals surface area contributed by atoms with Crippen molar-refractivity contribution in [2.45, 2.75) is 12.7 Å². The fraction of sp³-hybridized carbons (Fsp3) is 0.100. The highest BCUT2D eigenvalue weighted by Crippen LogP contribution is 2.30. The van der Waals surface area contributed by atoms with Gasteiger partial charge in [-0.2, -0.15) is 13.2 Å². The van der Waals surface area contributed by atoms with Crippen molar-refractivity contribution in [2.75, 3.05) is 10.6 Å². The molecule has 0 aliphatic rings. The van der Waals surface area contributed by atoms with E-state index < -0.39 is 17.6 Å². The molecule has 0 saturated carbocycles. The molecule has 0 aliphatic heterocycles. The van der Waals surface area contributed by atoms with E-state index in [1.54, 1.807) is 18.2 Å². The molecule has 28 heavy (non-hydrogen) atoms. The molecule has 3 aromatic rings. The number of phenolic OH excluding ortho intramolecular Hbond substituents is 1. The number of halogens is 3. The lowest BCUT2D eigenvalue weighted by molar-refractivity contribution is -0.137. The molecule has 1 heterocycles. The Hall–Kier alpha value is -3.55. The van der Waals surface area contributed by atoms with Gasteiger partial charge in [0.05, 0.1) is 11.1 Å². The van der Waals surface area contributed by atoms with Gasteiger partial charge in [0.15, 0.2) is 0 Å². The van der Waals surface area contributed by atoms with Crippen molar-refractivity contribution in [1.82, 2.24) is 4.98 Å². The molecule has 8 heteroatoms. The number of benzene rings is 2. The predicted octanol–water partition coefficient (Wildman–Crippen LogP) is 4.67. The highest BCUT2D eigenvalue weighted by atomic mass is 19.4. The van der Waals surface area contributed by atoms with Crippen LogP contribution in [0.4, 0.5) is 24.7 Å². The third-order valence-electron chi connectivity index (χ3n) is 3.90. The van der Waals surface area contributed by atoms with Crippen LogP contribution in [-0.2, 0) is 12.7 Å². The SMILES string of the molecule is O=C(Nc1cccc(C(F)(F)F)c1)c1cccnc1NCc1ccc(O)cc1. The monoisotopic (exact) mass is 387 g/mol. The topological polar surface area (TPSA) is 74.2 Å². The zero-order chi connectivity index (χ0) is 20.1. The molecule has 1 aromatic heterocycles. The third-order valence-corrected chi connectivity index (χ3v) is 3.90. The maximum atomic E-state index is 12.8. The molecule has 0 aliphatic carbocycles. The average Bonchev–Trinajstić information content (AvgIpc) is 2.67. The standard InChI is InChI=1S/C20H16F3N3O2/c21-20(22,23)14-3-1-4-15(11-14)26-19(28)17-5-2-10-24-18(17)25-12-13-6-8-16(27)9-7-13/h1-11,27H,12H2,(H,24,25)(H,26,28). The van der Waals surface area contributed by atoms with E-state index in [0.29, 0.717) is 12.4 Å². The lowest BCUT2D eigenvalue weighted by atomic mass is 10.1. The molecule has 0 atom stereocenters. The number of anilines is 2. The van der Waals surface area contributed by atoms with Crippen molar-refractivity contribution >= 4 is 17.4 Å². The first-order chi connectivity index (χ1) is 13.3. The van der Waals surface area contributed by atoms with Gasteiger partial charge in [-0.15, -0.1) is 0 Å². The van der Waals surface area contributed by atoms with Gasteiger partial charge in [-0.3, -0.25) is 4.79 Å². The van der Waals surface area contributed by atoms with Crippen molar-refractivity contribution in [3.05, 3.63) is 83.6 Å². The fourth-order valence-corrected chi connectivity index (χ4v) is 2.50. The van der Waals surface area contributed by atoms with Gasteiger partial charge < -0.3 is 15.7 Å². The Labute approximate surface area is 158 Å². The summed E-state index contributed by atoms with van der Waals surface area (Å²) >= 11 is 0. The van der Waals surface area contributed by atoms with Crippen LogP contribution in [0.2, 0.25) is 0 Å². The number of aromatic nitrogens is 1. The number of carbonyl (C=O) groups is 1. The molecule has 3 N–H and O–H groups in total. The van der Waals surface area contributed by atoms with Crippen molar-refractivity contribution < 1.29 is 23.1 Å². The highest BCUT2D eigenvalue weighted by molar-refractivity contribution is 6.07. The maximum absolute atomic E-state index is 12.8. The second-order valence-corrected chi connectivity index (χ2v) is 5.95. The van der Waals surface area contributed by atoms with Crippen LogP contribution in [0.25, 0.3) is 0 Å². The zero-order valence-corrected chi connectivity index (χ0v) is 14.5. The van der Waals surface area contributed by atoms with Crippen LogP contribution in [0.1, 0.15) is 21.5 Å². The van der Waals surface area contributed by atoms with E-state index in [4.69, 9.17) is 0 Å². The minimum atomic E-state index is -4.49. The molecular formula is C20H16F3N3O2. The van der Waals surface area contributed by atoms with Crippen molar-refractivity contribution in [1.29, 1.82) is 0 Å². The van der Waals surface area contributed by atoms with E-state index in [2.05, 4.69) is 15.6 Å². The first-order valence-corrected chi connectivity index (χ1v) is 8.28. The van der Waals surface area contributed by atoms with Gasteiger partial charge in [0.25, 0.3) is 5.91 Å². The number of aromatic hydroxyl groups is 1. The molecule has 5 nitrogen and oxygen atoms in total. The largest absolute Gasteiger partial charge is 0.508 e. The molecule has 2 aromatic carbocycles. The van der Waals surface area contributed by atoms with Gasteiger partial charge in [0.2, 0.25) is 0 Å². The van der Waals surface area contributed by atoms with Crippen molar-refractivity contribution in [3.8, 4) is 5.75 Å². The van der Waals surface area contributed by atoms with E-state index in [1.165, 1.54) is 36.5 Å². The first kappa shape index (κ1) is 19.2. The number of pyridine rings is 1. The number of nitrogens with zero attached hydrogens (tertiary/aromatic N) is 1. The van der Waals surface area contributed by atoms with E-state index in [0.717, 1.165) is 17.7 Å². The Morgan fingerprint density at radius 2 is 1.79 bits per heavy atom. The van der Waals surface area contributed by atoms with Gasteiger partial charge in [-0.1, -0.05) is 18.2 Å². The van der Waals surface area contributed by atoms with Gasteiger partial charge in [-0.25, -0.2) is 4.98 Å². The Morgan fingerprint density at radius 1 is 1.04 bits per heavy atom. The first-order valence-electron chi connectivity index (χ1n) is 8.28. The molecule has 144 valence electrons. The Bertz CT molecular complexity index is 973. The van der Waals surface area contributed by atoms with Crippen LogP contribution < -0.4 is 10.6 Å². The Morgan fingerprint density at radius 3 is 2.50 bits per heavy atom. The molecule has 3 rings (SSSR count). The minimum Gasteiger partial charge on any atom is -0.508 e. The van der Waals surface area contributed by atoms with E-state index in [9.17, 15) is 23.1 Å². The van der Waals surface area contributed by atoms with E-state index in [1.807, 2.05) is 0 Å². The molecule has 0 spiro atoms. The van der Waals surface area contributed by atoms with Crippen molar-refractivity contribution in [3.63, 3.8) is 0 Å². The van der Waals surface area contributed by atoms with Crippen LogP contribution in [0.5, 0.6) is 5.75 Å². The summed E-state index contributed by atoms with van der Waals surface area (Å²) < 4.78 is 38.5. The van der Waals surface area contributed by atoms with E-state index >= 15 is 0 Å². The average molecular weight is 387 g/mol. The van der Waals surface area contributed by atoms with E-state index in [-0.39, 0.29) is 17.0 Å². The summed E-state index contributed by atoms with van der Waals surface area (Å²) in [7, 11) is 0. The predicted molar refractivity (Wildman–Crippen MR) is 99.1 cm³/mol. The lowest BCUT2D eigenvalue weighted by Gasteiger charge is -2.13. The van der Waals surface area contributed by atoms with Crippen LogP contribution in [0, 0.1) is 0 Å². The van der Waals surface area contributed by atoms with Crippen LogP contribution in [-0.4, -0.2) is 16.0 Å². The van der Waals surface area contributed by atoms with Crippen molar-refractivity contribution in [2.24, 2.45) is 0 Å². The molecule has 0 bridgehead atoms. The summed E-state index contributed by atoms with van der Waals surface area (Å²) in [5.41, 5.74) is 0.238. The molecule has 0 radical (unpaired) electrons. The Balaban J connectivity index is 1.75. The zero-order valence-electron chi connectivity index (χ0n) is 14.5. The summed E-state index contributed by atoms with van der Waals surface area (Å²) in [5.74, 6) is -0.150. The maximum Gasteiger partial charge on any atom is 0.416 e. The lowest BCUT2D eigenvalue weighted by Crippen LogP contribution is -2.16. The molecule has 0 saturated heterocycles. The second kappa shape index (κ2) is 7.99. The number of hydrogen-bond donors (Lipinski definition) is 3. The Kier molecular flexibility index (Phi) is 5.49. The number of hydrogen-bond acceptors (Lipinski definition) is 4. The normalized spacial score (nSPS) is 11.1. The molecule has 0 unspecified atom stereocenters. The van der Waals surface area contributed by atoms with Crippen LogP contribution in [0.15, 0.2) is 66.9 Å². The quantitative estimate of drug-likeness (QED) is 0.595. The number of carbonyl (C=O) groups excluding carboxylic acids is 1. The minimum absolute atomic E-state index is 0.0353. The summed E-state index contributed by atoms with van der Waals surface area (Å²) in [5, 5.41) is 14.8. The van der Waals surface area contributed by atoms with Gasteiger partial charge in [0, 0.05) is 18.4 Å². The molecule has 1 amide bonds. The number of amides is 1. The smallest absolute Gasteiger partial charge is 0.416 e. The second-order valence-electron chi connectivity index (χ2n) is 5.95. The highest BCUT2D eigenvalue weighted by Gasteiger charge is 2.30. The number of nitrogens with one attached hydrogen (secondary N) is 2. The molecule has 0 fully saturated rings. The fourth-order valence-electron chi connectivity index (χ4n) is 2.50. The number of rotatable bonds is 5.